The summed E-state index contributed by atoms with van der Waals surface area (Å²) in [5, 5.41) is 25.1. The van der Waals surface area contributed by atoms with Crippen LogP contribution in [0.25, 0.3) is 11.0 Å². The zero-order valence-electron chi connectivity index (χ0n) is 16.5. The van der Waals surface area contributed by atoms with E-state index in [2.05, 4.69) is 25.5 Å². The summed E-state index contributed by atoms with van der Waals surface area (Å²) in [5.41, 5.74) is 6.30. The van der Waals surface area contributed by atoms with Gasteiger partial charge in [0.2, 0.25) is 0 Å². The maximum atomic E-state index is 11.0. The van der Waals surface area contributed by atoms with Crippen LogP contribution in [-0.2, 0) is 0 Å². The van der Waals surface area contributed by atoms with Gasteiger partial charge in [0.05, 0.1) is 27.9 Å². The Kier molecular flexibility index (Phi) is 5.39. The summed E-state index contributed by atoms with van der Waals surface area (Å²) in [7, 11) is 0. The molecule has 9 heteroatoms. The predicted octanol–water partition coefficient (Wildman–Crippen LogP) is 4.19. The van der Waals surface area contributed by atoms with E-state index < -0.39 is 4.92 Å². The number of para-hydroxylation sites is 2. The highest BCUT2D eigenvalue weighted by molar-refractivity contribution is 6.00. The highest BCUT2D eigenvalue weighted by atomic mass is 16.6. The standard InChI is InChI=1S/C22H18N6O3/c1-14-6-8-16(9-7-14)24-22(21-25-18-4-2-3-5-19(18)26-21)27-23-13-15-12-17(28(30)31)10-11-20(15)29/h2-13,29H,1H3,(H,24,27)(H,25,26)/b23-13+. The predicted molar refractivity (Wildman–Crippen MR) is 119 cm³/mol. The monoisotopic (exact) mass is 414 g/mol. The molecule has 0 atom stereocenters. The Bertz CT molecular complexity index is 1280. The van der Waals surface area contributed by atoms with Crippen LogP contribution in [-0.4, -0.2) is 32.0 Å². The summed E-state index contributed by atoms with van der Waals surface area (Å²) in [4.78, 5) is 22.8. The average Bonchev–Trinajstić information content (AvgIpc) is 3.20. The van der Waals surface area contributed by atoms with Gasteiger partial charge in [-0.25, -0.2) is 9.98 Å². The van der Waals surface area contributed by atoms with E-state index in [0.717, 1.165) is 16.6 Å². The molecule has 0 aliphatic rings. The molecule has 1 heterocycles. The molecule has 154 valence electrons. The van der Waals surface area contributed by atoms with Gasteiger partial charge in [0.15, 0.2) is 11.7 Å². The van der Waals surface area contributed by atoms with Crippen molar-refractivity contribution < 1.29 is 10.0 Å². The van der Waals surface area contributed by atoms with Crippen molar-refractivity contribution in [3.8, 4) is 5.75 Å². The van der Waals surface area contributed by atoms with Gasteiger partial charge in [-0.05, 0) is 37.3 Å². The summed E-state index contributed by atoms with van der Waals surface area (Å²) in [6.07, 6.45) is 1.29. The third kappa shape index (κ3) is 4.56. The summed E-state index contributed by atoms with van der Waals surface area (Å²) in [5.74, 6) is 0.695. The van der Waals surface area contributed by atoms with Crippen LogP contribution in [0.2, 0.25) is 0 Å². The van der Waals surface area contributed by atoms with Crippen molar-refractivity contribution in [2.45, 2.75) is 6.92 Å². The number of aliphatic imine (C=N–C) groups is 1. The van der Waals surface area contributed by atoms with E-state index in [4.69, 9.17) is 0 Å². The number of H-pyrrole nitrogens is 1. The number of hydrogen-bond donors (Lipinski definition) is 3. The molecule has 4 rings (SSSR count). The van der Waals surface area contributed by atoms with Gasteiger partial charge in [0.1, 0.15) is 5.75 Å². The highest BCUT2D eigenvalue weighted by Crippen LogP contribution is 2.21. The van der Waals surface area contributed by atoms with E-state index in [1.165, 1.54) is 24.4 Å². The number of fused-ring (bicyclic) bond motifs is 1. The molecule has 3 aromatic carbocycles. The normalized spacial score (nSPS) is 11.8. The Morgan fingerprint density at radius 1 is 1.16 bits per heavy atom. The van der Waals surface area contributed by atoms with Gasteiger partial charge in [0.25, 0.3) is 5.69 Å². The number of amidine groups is 1. The number of nitrogens with one attached hydrogen (secondary N) is 2. The van der Waals surface area contributed by atoms with E-state index in [1.807, 2.05) is 55.5 Å². The molecule has 0 amide bonds. The minimum Gasteiger partial charge on any atom is -0.507 e. The fourth-order valence-electron chi connectivity index (χ4n) is 2.87. The fourth-order valence-corrected chi connectivity index (χ4v) is 2.87. The van der Waals surface area contributed by atoms with Crippen molar-refractivity contribution in [1.82, 2.24) is 15.4 Å². The molecule has 1 aromatic heterocycles. The van der Waals surface area contributed by atoms with Gasteiger partial charge in [-0.3, -0.25) is 15.5 Å². The number of aryl methyl sites for hydroxylation is 1. The minimum atomic E-state index is -0.539. The second-order valence-electron chi connectivity index (χ2n) is 6.77. The van der Waals surface area contributed by atoms with Crippen LogP contribution in [0.3, 0.4) is 0 Å². The molecule has 31 heavy (non-hydrogen) atoms. The largest absolute Gasteiger partial charge is 0.507 e. The molecule has 0 saturated heterocycles. The second-order valence-corrected chi connectivity index (χ2v) is 6.77. The van der Waals surface area contributed by atoms with Crippen LogP contribution in [0.5, 0.6) is 5.75 Å². The first-order chi connectivity index (χ1) is 15.0. The van der Waals surface area contributed by atoms with Gasteiger partial charge in [-0.1, -0.05) is 29.8 Å². The highest BCUT2D eigenvalue weighted by Gasteiger charge is 2.11. The van der Waals surface area contributed by atoms with Crippen LogP contribution in [0.15, 0.2) is 76.8 Å². The molecule has 9 nitrogen and oxygen atoms in total. The summed E-state index contributed by atoms with van der Waals surface area (Å²) < 4.78 is 0. The lowest BCUT2D eigenvalue weighted by Crippen LogP contribution is -2.20. The first kappa shape index (κ1) is 19.8. The number of nitro benzene ring substituents is 1. The van der Waals surface area contributed by atoms with Crippen molar-refractivity contribution >= 4 is 34.5 Å². The molecular weight excluding hydrogens is 396 g/mol. The number of imidazole rings is 1. The topological polar surface area (TPSA) is 129 Å². The number of aromatic nitrogens is 2. The SMILES string of the molecule is Cc1ccc(N=C(N/N=C/c2cc([N+](=O)[O-])ccc2O)c2nc3ccccc3[nH]2)cc1. The second kappa shape index (κ2) is 8.46. The van der Waals surface area contributed by atoms with E-state index >= 15 is 0 Å². The Morgan fingerprint density at radius 2 is 1.94 bits per heavy atom. The lowest BCUT2D eigenvalue weighted by atomic mass is 10.2. The van der Waals surface area contributed by atoms with Crippen LogP contribution < -0.4 is 5.43 Å². The average molecular weight is 414 g/mol. The lowest BCUT2D eigenvalue weighted by molar-refractivity contribution is -0.384. The summed E-state index contributed by atoms with van der Waals surface area (Å²) in [6.45, 7) is 1.99. The zero-order chi connectivity index (χ0) is 21.8. The van der Waals surface area contributed by atoms with Crippen molar-refractivity contribution in [2.75, 3.05) is 0 Å². The number of rotatable bonds is 5. The Hall–Kier alpha value is -4.53. The Balaban J connectivity index is 1.68. The number of benzene rings is 3. The number of non-ortho nitro benzene ring substituents is 1. The van der Waals surface area contributed by atoms with Gasteiger partial charge in [-0.2, -0.15) is 5.10 Å². The summed E-state index contributed by atoms with van der Waals surface area (Å²) in [6, 6.07) is 18.9. The zero-order valence-corrected chi connectivity index (χ0v) is 16.5. The molecule has 3 N–H and O–H groups in total. The van der Waals surface area contributed by atoms with E-state index in [9.17, 15) is 15.2 Å². The van der Waals surface area contributed by atoms with E-state index in [1.54, 1.807) is 0 Å². The minimum absolute atomic E-state index is 0.128. The smallest absolute Gasteiger partial charge is 0.270 e. The molecule has 0 spiro atoms. The molecule has 0 bridgehead atoms. The third-order valence-electron chi connectivity index (χ3n) is 4.48. The van der Waals surface area contributed by atoms with Crippen LogP contribution in [0.4, 0.5) is 11.4 Å². The fraction of sp³-hybridized carbons (Fsp3) is 0.0455. The van der Waals surface area contributed by atoms with Gasteiger partial charge in [-0.15, -0.1) is 0 Å². The van der Waals surface area contributed by atoms with Crippen LogP contribution >= 0.6 is 0 Å². The first-order valence-electron chi connectivity index (χ1n) is 9.36. The van der Waals surface area contributed by atoms with Gasteiger partial charge >= 0.3 is 0 Å². The number of phenolic OH excluding ortho intramolecular Hbond substituents is 1. The number of nitrogens with zero attached hydrogens (tertiary/aromatic N) is 4. The quantitative estimate of drug-likeness (QED) is 0.195. The van der Waals surface area contributed by atoms with Crippen LogP contribution in [0, 0.1) is 17.0 Å². The molecular formula is C22H18N6O3. The molecule has 0 radical (unpaired) electrons. The lowest BCUT2D eigenvalue weighted by Gasteiger charge is -2.04. The number of nitro groups is 1. The number of hydrazone groups is 1. The maximum absolute atomic E-state index is 11.0. The van der Waals surface area contributed by atoms with E-state index in [-0.39, 0.29) is 17.0 Å². The number of phenols is 1. The molecule has 0 saturated carbocycles. The van der Waals surface area contributed by atoms with E-state index in [0.29, 0.717) is 17.3 Å². The molecule has 0 fully saturated rings. The van der Waals surface area contributed by atoms with Crippen LogP contribution in [0.1, 0.15) is 17.0 Å². The molecule has 4 aromatic rings. The molecule has 0 unspecified atom stereocenters. The van der Waals surface area contributed by atoms with Gasteiger partial charge < -0.3 is 10.1 Å². The first-order valence-corrected chi connectivity index (χ1v) is 9.36. The Morgan fingerprint density at radius 3 is 2.68 bits per heavy atom. The number of aromatic hydroxyl groups is 1. The van der Waals surface area contributed by atoms with Crippen molar-refractivity contribution in [3.05, 3.63) is 93.8 Å². The summed E-state index contributed by atoms with van der Waals surface area (Å²) >= 11 is 0. The Labute approximate surface area is 177 Å². The molecule has 0 aliphatic heterocycles. The number of aromatic amines is 1. The van der Waals surface area contributed by atoms with Crippen molar-refractivity contribution in [1.29, 1.82) is 0 Å². The van der Waals surface area contributed by atoms with Gasteiger partial charge in [0, 0.05) is 17.7 Å². The van der Waals surface area contributed by atoms with Crippen molar-refractivity contribution in [3.63, 3.8) is 0 Å². The third-order valence-corrected chi connectivity index (χ3v) is 4.48. The number of hydrogen-bond acceptors (Lipinski definition) is 6. The van der Waals surface area contributed by atoms with Crippen molar-refractivity contribution in [2.24, 2.45) is 10.1 Å². The molecule has 0 aliphatic carbocycles. The maximum Gasteiger partial charge on any atom is 0.270 e.